The van der Waals surface area contributed by atoms with E-state index in [1.165, 1.54) is 0 Å². The highest BCUT2D eigenvalue weighted by atomic mass is 16.6. The zero-order chi connectivity index (χ0) is 11.8. The van der Waals surface area contributed by atoms with E-state index >= 15 is 0 Å². The highest BCUT2D eigenvalue weighted by Crippen LogP contribution is 2.19. The summed E-state index contributed by atoms with van der Waals surface area (Å²) in [5.41, 5.74) is -0.434. The molecule has 0 radical (unpaired) electrons. The zero-order valence-electron chi connectivity index (χ0n) is 10.2. The molecule has 2 heterocycles. The van der Waals surface area contributed by atoms with Gasteiger partial charge in [0, 0.05) is 13.1 Å². The summed E-state index contributed by atoms with van der Waals surface area (Å²) < 4.78 is 10.8. The Bertz CT molecular complexity index is 275. The average Bonchev–Trinajstić information content (AvgIpc) is 2.61. The molecule has 2 rings (SSSR count). The number of carbonyl (C=O) groups excluding carboxylic acids is 1. The molecule has 5 heteroatoms. The number of fused-ring (bicyclic) bond motifs is 1. The fourth-order valence-corrected chi connectivity index (χ4v) is 2.13. The summed E-state index contributed by atoms with van der Waals surface area (Å²) in [7, 11) is 0. The topological polar surface area (TPSA) is 50.8 Å². The second-order valence-electron chi connectivity index (χ2n) is 5.34. The normalized spacial score (nSPS) is 30.1. The molecular weight excluding hydrogens is 208 g/mol. The summed E-state index contributed by atoms with van der Waals surface area (Å²) in [6.45, 7) is 8.45. The quantitative estimate of drug-likeness (QED) is 0.659. The molecule has 2 fully saturated rings. The first-order valence-electron chi connectivity index (χ1n) is 5.78. The van der Waals surface area contributed by atoms with E-state index in [2.05, 4.69) is 5.32 Å². The van der Waals surface area contributed by atoms with E-state index in [0.717, 1.165) is 6.54 Å². The van der Waals surface area contributed by atoms with Crippen molar-refractivity contribution in [3.63, 3.8) is 0 Å². The Kier molecular flexibility index (Phi) is 3.08. The smallest absolute Gasteiger partial charge is 0.410 e. The largest absolute Gasteiger partial charge is 0.444 e. The van der Waals surface area contributed by atoms with Gasteiger partial charge in [-0.1, -0.05) is 0 Å². The van der Waals surface area contributed by atoms with Gasteiger partial charge in [-0.2, -0.15) is 0 Å². The molecule has 0 aliphatic carbocycles. The molecule has 16 heavy (non-hydrogen) atoms. The van der Waals surface area contributed by atoms with Crippen molar-refractivity contribution in [3.05, 3.63) is 0 Å². The standard InChI is InChI=1S/C11H20N2O3/c1-11(2,3)16-10(14)13-5-4-12-8-6-15-7-9(8)13/h8-9,12H,4-7H2,1-3H3/t8-,9+/m0/s1. The summed E-state index contributed by atoms with van der Waals surface area (Å²) in [4.78, 5) is 13.8. The molecule has 5 nitrogen and oxygen atoms in total. The van der Waals surface area contributed by atoms with E-state index in [9.17, 15) is 4.79 Å². The summed E-state index contributed by atoms with van der Waals surface area (Å²) in [5.74, 6) is 0. The van der Waals surface area contributed by atoms with Crippen LogP contribution in [-0.4, -0.2) is 55.0 Å². The second kappa shape index (κ2) is 4.22. The van der Waals surface area contributed by atoms with E-state index in [1.54, 1.807) is 4.90 Å². The third kappa shape index (κ3) is 2.47. The van der Waals surface area contributed by atoms with Gasteiger partial charge in [-0.05, 0) is 20.8 Å². The Hall–Kier alpha value is -0.810. The highest BCUT2D eigenvalue weighted by molar-refractivity contribution is 5.69. The molecule has 2 aliphatic heterocycles. The molecule has 2 saturated heterocycles. The minimum absolute atomic E-state index is 0.128. The van der Waals surface area contributed by atoms with Crippen LogP contribution in [0.3, 0.4) is 0 Å². The maximum Gasteiger partial charge on any atom is 0.410 e. The van der Waals surface area contributed by atoms with E-state index in [-0.39, 0.29) is 18.2 Å². The van der Waals surface area contributed by atoms with Gasteiger partial charge in [-0.15, -0.1) is 0 Å². The van der Waals surface area contributed by atoms with Gasteiger partial charge in [0.1, 0.15) is 5.60 Å². The molecule has 2 aliphatic rings. The first-order chi connectivity index (χ1) is 7.47. The van der Waals surface area contributed by atoms with Crippen molar-refractivity contribution in [3.8, 4) is 0 Å². The predicted octanol–water partition coefficient (Wildman–Crippen LogP) is 0.594. The molecule has 0 unspecified atom stereocenters. The van der Waals surface area contributed by atoms with E-state index in [1.807, 2.05) is 20.8 Å². The van der Waals surface area contributed by atoms with Crippen molar-refractivity contribution in [2.75, 3.05) is 26.3 Å². The Morgan fingerprint density at radius 3 is 2.88 bits per heavy atom. The van der Waals surface area contributed by atoms with Gasteiger partial charge in [0.15, 0.2) is 0 Å². The number of hydrogen-bond acceptors (Lipinski definition) is 4. The van der Waals surface area contributed by atoms with Crippen LogP contribution in [0.25, 0.3) is 0 Å². The zero-order valence-corrected chi connectivity index (χ0v) is 10.2. The summed E-state index contributed by atoms with van der Waals surface area (Å²) in [5, 5.41) is 3.35. The van der Waals surface area contributed by atoms with Crippen LogP contribution in [0.4, 0.5) is 4.79 Å². The van der Waals surface area contributed by atoms with Crippen LogP contribution < -0.4 is 5.32 Å². The number of carbonyl (C=O) groups is 1. The lowest BCUT2D eigenvalue weighted by molar-refractivity contribution is 0.00881. The number of piperazine rings is 1. The summed E-state index contributed by atoms with van der Waals surface area (Å²) in [6, 6.07) is 0.393. The fourth-order valence-electron chi connectivity index (χ4n) is 2.13. The lowest BCUT2D eigenvalue weighted by atomic mass is 10.1. The van der Waals surface area contributed by atoms with Crippen LogP contribution in [0.1, 0.15) is 20.8 Å². The molecular formula is C11H20N2O3. The molecule has 92 valence electrons. The van der Waals surface area contributed by atoms with Crippen LogP contribution in [0.5, 0.6) is 0 Å². The van der Waals surface area contributed by atoms with Crippen molar-refractivity contribution in [2.45, 2.75) is 38.5 Å². The van der Waals surface area contributed by atoms with Gasteiger partial charge in [0.05, 0.1) is 25.3 Å². The Morgan fingerprint density at radius 1 is 1.44 bits per heavy atom. The molecule has 0 bridgehead atoms. The van der Waals surface area contributed by atoms with Gasteiger partial charge < -0.3 is 14.8 Å². The van der Waals surface area contributed by atoms with E-state index in [4.69, 9.17) is 9.47 Å². The molecule has 2 atom stereocenters. The third-order valence-electron chi connectivity index (χ3n) is 2.84. The van der Waals surface area contributed by atoms with Crippen molar-refractivity contribution >= 4 is 6.09 Å². The molecule has 0 aromatic carbocycles. The van der Waals surface area contributed by atoms with Gasteiger partial charge in [-0.3, -0.25) is 4.90 Å². The van der Waals surface area contributed by atoms with Crippen LogP contribution in [0.15, 0.2) is 0 Å². The molecule has 0 aromatic rings. The third-order valence-corrected chi connectivity index (χ3v) is 2.84. The van der Waals surface area contributed by atoms with Crippen molar-refractivity contribution < 1.29 is 14.3 Å². The molecule has 1 N–H and O–H groups in total. The van der Waals surface area contributed by atoms with Gasteiger partial charge in [0.2, 0.25) is 0 Å². The van der Waals surface area contributed by atoms with Crippen LogP contribution in [0.2, 0.25) is 0 Å². The maximum atomic E-state index is 12.0. The van der Waals surface area contributed by atoms with Crippen molar-refractivity contribution in [1.82, 2.24) is 10.2 Å². The number of rotatable bonds is 0. The SMILES string of the molecule is CC(C)(C)OC(=O)N1CCN[C@H]2COC[C@H]21. The first-order valence-corrected chi connectivity index (χ1v) is 5.78. The summed E-state index contributed by atoms with van der Waals surface area (Å²) >= 11 is 0. The van der Waals surface area contributed by atoms with Gasteiger partial charge >= 0.3 is 6.09 Å². The number of amides is 1. The number of hydrogen-bond donors (Lipinski definition) is 1. The minimum Gasteiger partial charge on any atom is -0.444 e. The van der Waals surface area contributed by atoms with Crippen LogP contribution in [0, 0.1) is 0 Å². The molecule has 1 amide bonds. The average molecular weight is 228 g/mol. The van der Waals surface area contributed by atoms with Gasteiger partial charge in [0.25, 0.3) is 0 Å². The first kappa shape index (κ1) is 11.7. The van der Waals surface area contributed by atoms with Crippen molar-refractivity contribution in [2.24, 2.45) is 0 Å². The highest BCUT2D eigenvalue weighted by Gasteiger charge is 2.39. The monoisotopic (exact) mass is 228 g/mol. The van der Waals surface area contributed by atoms with Crippen molar-refractivity contribution in [1.29, 1.82) is 0 Å². The molecule has 0 saturated carbocycles. The fraction of sp³-hybridized carbons (Fsp3) is 0.909. The molecule has 0 spiro atoms. The Morgan fingerprint density at radius 2 is 2.19 bits per heavy atom. The number of nitrogens with one attached hydrogen (secondary N) is 1. The minimum atomic E-state index is -0.434. The Balaban J connectivity index is 2.00. The lowest BCUT2D eigenvalue weighted by Crippen LogP contribution is -2.59. The van der Waals surface area contributed by atoms with Crippen LogP contribution in [-0.2, 0) is 9.47 Å². The predicted molar refractivity (Wildman–Crippen MR) is 59.3 cm³/mol. The summed E-state index contributed by atoms with van der Waals surface area (Å²) in [6.07, 6.45) is -0.227. The number of nitrogens with zero attached hydrogens (tertiary/aromatic N) is 1. The molecule has 0 aromatic heterocycles. The second-order valence-corrected chi connectivity index (χ2v) is 5.34. The lowest BCUT2D eigenvalue weighted by Gasteiger charge is -2.37. The maximum absolute atomic E-state index is 12.0. The van der Waals surface area contributed by atoms with Gasteiger partial charge in [-0.25, -0.2) is 4.79 Å². The number of ether oxygens (including phenoxy) is 2. The Labute approximate surface area is 96.1 Å². The van der Waals surface area contributed by atoms with E-state index in [0.29, 0.717) is 19.8 Å². The van der Waals surface area contributed by atoms with E-state index < -0.39 is 5.60 Å². The van der Waals surface area contributed by atoms with Crippen LogP contribution >= 0.6 is 0 Å².